The Hall–Kier alpha value is -2.90. The lowest BCUT2D eigenvalue weighted by atomic mass is 9.95. The molecule has 3 aromatic rings. The SMILES string of the molecule is COc1ccc(-c2noc(C3CNNC3c3ccccc3)n2)cc1OC. The average molecular weight is 352 g/mol. The van der Waals surface area contributed by atoms with Gasteiger partial charge >= 0.3 is 0 Å². The zero-order chi connectivity index (χ0) is 17.9. The normalized spacial score (nSPS) is 19.5. The van der Waals surface area contributed by atoms with E-state index in [0.717, 1.165) is 5.56 Å². The number of hydrazine groups is 1. The van der Waals surface area contributed by atoms with E-state index >= 15 is 0 Å². The molecule has 26 heavy (non-hydrogen) atoms. The van der Waals surface area contributed by atoms with Crippen LogP contribution in [0.4, 0.5) is 0 Å². The molecule has 134 valence electrons. The van der Waals surface area contributed by atoms with Crippen molar-refractivity contribution in [2.75, 3.05) is 20.8 Å². The van der Waals surface area contributed by atoms with Gasteiger partial charge in [0.15, 0.2) is 11.5 Å². The molecule has 0 spiro atoms. The molecule has 2 atom stereocenters. The highest BCUT2D eigenvalue weighted by molar-refractivity contribution is 5.60. The molecule has 1 aliphatic rings. The Labute approximate surface area is 151 Å². The van der Waals surface area contributed by atoms with Crippen LogP contribution in [0.1, 0.15) is 23.4 Å². The summed E-state index contributed by atoms with van der Waals surface area (Å²) >= 11 is 0. The van der Waals surface area contributed by atoms with Crippen LogP contribution in [0.2, 0.25) is 0 Å². The summed E-state index contributed by atoms with van der Waals surface area (Å²) in [7, 11) is 3.21. The van der Waals surface area contributed by atoms with Gasteiger partial charge in [-0.1, -0.05) is 35.5 Å². The second-order valence-electron chi connectivity index (χ2n) is 6.05. The highest BCUT2D eigenvalue weighted by Gasteiger charge is 2.34. The van der Waals surface area contributed by atoms with Crippen molar-refractivity contribution in [3.63, 3.8) is 0 Å². The molecule has 0 bridgehead atoms. The number of nitrogens with zero attached hydrogens (tertiary/aromatic N) is 2. The third-order valence-electron chi connectivity index (χ3n) is 4.54. The maximum absolute atomic E-state index is 5.57. The van der Waals surface area contributed by atoms with Crippen LogP contribution < -0.4 is 20.3 Å². The van der Waals surface area contributed by atoms with Crippen LogP contribution in [0.15, 0.2) is 53.1 Å². The first-order valence-electron chi connectivity index (χ1n) is 8.39. The van der Waals surface area contributed by atoms with Gasteiger partial charge in [0.05, 0.1) is 26.2 Å². The third-order valence-corrected chi connectivity index (χ3v) is 4.54. The molecule has 4 rings (SSSR count). The van der Waals surface area contributed by atoms with Crippen molar-refractivity contribution >= 4 is 0 Å². The van der Waals surface area contributed by atoms with Gasteiger partial charge < -0.3 is 14.0 Å². The van der Waals surface area contributed by atoms with Crippen molar-refractivity contribution in [2.45, 2.75) is 12.0 Å². The Morgan fingerprint density at radius 1 is 1.04 bits per heavy atom. The molecule has 7 heteroatoms. The van der Waals surface area contributed by atoms with Crippen molar-refractivity contribution in [3.05, 3.63) is 60.0 Å². The molecule has 2 N–H and O–H groups in total. The fourth-order valence-electron chi connectivity index (χ4n) is 3.18. The minimum Gasteiger partial charge on any atom is -0.493 e. The molecular weight excluding hydrogens is 332 g/mol. The Morgan fingerprint density at radius 3 is 2.62 bits per heavy atom. The monoisotopic (exact) mass is 352 g/mol. The van der Waals surface area contributed by atoms with Crippen LogP contribution in [-0.2, 0) is 0 Å². The van der Waals surface area contributed by atoms with Gasteiger partial charge in [-0.25, -0.2) is 5.43 Å². The van der Waals surface area contributed by atoms with Crippen LogP contribution >= 0.6 is 0 Å². The van der Waals surface area contributed by atoms with Gasteiger partial charge in [0.1, 0.15) is 0 Å². The van der Waals surface area contributed by atoms with Crippen molar-refractivity contribution < 1.29 is 14.0 Å². The number of methoxy groups -OCH3 is 2. The van der Waals surface area contributed by atoms with Crippen LogP contribution in [-0.4, -0.2) is 30.9 Å². The standard InChI is InChI=1S/C19H20N4O3/c1-24-15-9-8-13(10-16(15)25-2)18-21-19(26-23-18)14-11-20-22-17(14)12-6-4-3-5-7-12/h3-10,14,17,20,22H,11H2,1-2H3. The lowest BCUT2D eigenvalue weighted by Gasteiger charge is -2.15. The fourth-order valence-corrected chi connectivity index (χ4v) is 3.18. The quantitative estimate of drug-likeness (QED) is 0.730. The highest BCUT2D eigenvalue weighted by Crippen LogP contribution is 2.35. The topological polar surface area (TPSA) is 81.4 Å². The van der Waals surface area contributed by atoms with E-state index in [4.69, 9.17) is 14.0 Å². The van der Waals surface area contributed by atoms with Gasteiger partial charge in [0.2, 0.25) is 11.7 Å². The molecule has 0 radical (unpaired) electrons. The molecule has 0 saturated carbocycles. The summed E-state index contributed by atoms with van der Waals surface area (Å²) in [5, 5.41) is 4.15. The van der Waals surface area contributed by atoms with Crippen molar-refractivity contribution in [3.8, 4) is 22.9 Å². The lowest BCUT2D eigenvalue weighted by Crippen LogP contribution is -2.24. The minimum absolute atomic E-state index is 0.0544. The van der Waals surface area contributed by atoms with Crippen molar-refractivity contribution in [2.24, 2.45) is 0 Å². The summed E-state index contributed by atoms with van der Waals surface area (Å²) in [5.41, 5.74) is 8.46. The lowest BCUT2D eigenvalue weighted by molar-refractivity contribution is 0.346. The maximum Gasteiger partial charge on any atom is 0.233 e. The number of rotatable bonds is 5. The van der Waals surface area contributed by atoms with E-state index in [0.29, 0.717) is 29.8 Å². The summed E-state index contributed by atoms with van der Waals surface area (Å²) in [4.78, 5) is 4.62. The zero-order valence-electron chi connectivity index (χ0n) is 14.6. The number of nitrogens with one attached hydrogen (secondary N) is 2. The van der Waals surface area contributed by atoms with Gasteiger partial charge in [0.25, 0.3) is 0 Å². The second kappa shape index (κ2) is 7.15. The predicted octanol–water partition coefficient (Wildman–Crippen LogP) is 2.69. The third kappa shape index (κ3) is 3.02. The fraction of sp³-hybridized carbons (Fsp3) is 0.263. The minimum atomic E-state index is 0.0544. The van der Waals surface area contributed by atoms with E-state index in [2.05, 4.69) is 33.1 Å². The molecule has 1 aliphatic heterocycles. The van der Waals surface area contributed by atoms with E-state index in [-0.39, 0.29) is 12.0 Å². The average Bonchev–Trinajstić information content (AvgIpc) is 3.37. The first-order chi connectivity index (χ1) is 12.8. The van der Waals surface area contributed by atoms with Crippen LogP contribution in [0, 0.1) is 0 Å². The number of benzene rings is 2. The molecule has 1 saturated heterocycles. The van der Waals surface area contributed by atoms with Crippen LogP contribution in [0.25, 0.3) is 11.4 Å². The summed E-state index contributed by atoms with van der Waals surface area (Å²) in [6, 6.07) is 15.9. The number of aromatic nitrogens is 2. The largest absolute Gasteiger partial charge is 0.493 e. The summed E-state index contributed by atoms with van der Waals surface area (Å²) in [6.07, 6.45) is 0. The molecular formula is C19H20N4O3. The first kappa shape index (κ1) is 16.6. The second-order valence-corrected chi connectivity index (χ2v) is 6.05. The molecule has 7 nitrogen and oxygen atoms in total. The molecule has 2 aromatic carbocycles. The molecule has 1 fully saturated rings. The van der Waals surface area contributed by atoms with E-state index in [1.807, 2.05) is 36.4 Å². The van der Waals surface area contributed by atoms with Gasteiger partial charge in [-0.05, 0) is 23.8 Å². The number of hydrogen-bond acceptors (Lipinski definition) is 7. The Kier molecular flexibility index (Phi) is 4.55. The summed E-state index contributed by atoms with van der Waals surface area (Å²) in [6.45, 7) is 0.715. The Bertz CT molecular complexity index is 882. The van der Waals surface area contributed by atoms with Crippen molar-refractivity contribution in [1.82, 2.24) is 21.0 Å². The van der Waals surface area contributed by atoms with E-state index < -0.39 is 0 Å². The highest BCUT2D eigenvalue weighted by atomic mass is 16.5. The van der Waals surface area contributed by atoms with Gasteiger partial charge in [0, 0.05) is 12.1 Å². The maximum atomic E-state index is 5.57. The smallest absolute Gasteiger partial charge is 0.233 e. The van der Waals surface area contributed by atoms with Gasteiger partial charge in [-0.15, -0.1) is 0 Å². The number of ether oxygens (including phenoxy) is 2. The van der Waals surface area contributed by atoms with E-state index in [1.165, 1.54) is 5.56 Å². The summed E-state index contributed by atoms with van der Waals surface area (Å²) < 4.78 is 16.2. The van der Waals surface area contributed by atoms with Gasteiger partial charge in [-0.2, -0.15) is 4.98 Å². The van der Waals surface area contributed by atoms with E-state index in [1.54, 1.807) is 14.2 Å². The molecule has 0 amide bonds. The number of hydrogen-bond donors (Lipinski definition) is 2. The van der Waals surface area contributed by atoms with Crippen LogP contribution in [0.5, 0.6) is 11.5 Å². The first-order valence-corrected chi connectivity index (χ1v) is 8.39. The molecule has 0 aliphatic carbocycles. The molecule has 2 unspecified atom stereocenters. The summed E-state index contributed by atoms with van der Waals surface area (Å²) in [5.74, 6) is 2.47. The van der Waals surface area contributed by atoms with Crippen molar-refractivity contribution in [1.29, 1.82) is 0 Å². The predicted molar refractivity (Wildman–Crippen MR) is 95.9 cm³/mol. The van der Waals surface area contributed by atoms with E-state index in [9.17, 15) is 0 Å². The molecule has 1 aromatic heterocycles. The Balaban J connectivity index is 1.62. The van der Waals surface area contributed by atoms with Crippen LogP contribution in [0.3, 0.4) is 0 Å². The van der Waals surface area contributed by atoms with Gasteiger partial charge in [-0.3, -0.25) is 5.43 Å². The zero-order valence-corrected chi connectivity index (χ0v) is 14.6. The molecule has 2 heterocycles. The Morgan fingerprint density at radius 2 is 1.85 bits per heavy atom.